The highest BCUT2D eigenvalue weighted by molar-refractivity contribution is 14.1. The maximum atomic E-state index is 11.0. The average Bonchev–Trinajstić information content (AvgIpc) is 2.98. The van der Waals surface area contributed by atoms with E-state index in [0.29, 0.717) is 17.3 Å². The molecule has 0 radical (unpaired) electrons. The van der Waals surface area contributed by atoms with Crippen molar-refractivity contribution in [3.63, 3.8) is 0 Å². The first kappa shape index (κ1) is 13.7. The van der Waals surface area contributed by atoms with Gasteiger partial charge in [0, 0.05) is 14.7 Å². The minimum Gasteiger partial charge on any atom is -0.478 e. The second-order valence-corrected chi connectivity index (χ2v) is 5.56. The van der Waals surface area contributed by atoms with Gasteiger partial charge in [-0.1, -0.05) is 17.3 Å². The van der Waals surface area contributed by atoms with Gasteiger partial charge in [0.15, 0.2) is 0 Å². The number of carboxylic acids is 1. The Morgan fingerprint density at radius 2 is 1.86 bits per heavy atom. The molecule has 2 aromatic carbocycles. The molecule has 0 aliphatic carbocycles. The lowest BCUT2D eigenvalue weighted by molar-refractivity contribution is 0.0697. The van der Waals surface area contributed by atoms with Crippen molar-refractivity contribution in [1.82, 2.24) is 10.1 Å². The molecule has 6 heteroatoms. The standard InChI is InChI=1S/C15H9IN2O3/c16-12-6-4-9(5-7-12)14-17-13(18-21-14)10-2-1-3-11(8-10)15(19)20/h1-8H,(H,19,20). The van der Waals surface area contributed by atoms with E-state index in [4.69, 9.17) is 9.63 Å². The number of aromatic nitrogens is 2. The van der Waals surface area contributed by atoms with E-state index in [-0.39, 0.29) is 5.56 Å². The summed E-state index contributed by atoms with van der Waals surface area (Å²) in [6, 6.07) is 14.1. The number of benzene rings is 2. The molecular weight excluding hydrogens is 383 g/mol. The number of hydrogen-bond donors (Lipinski definition) is 1. The predicted molar refractivity (Wildman–Crippen MR) is 84.8 cm³/mol. The van der Waals surface area contributed by atoms with Crippen LogP contribution in [0.3, 0.4) is 0 Å². The second kappa shape index (κ2) is 5.65. The van der Waals surface area contributed by atoms with E-state index in [1.807, 2.05) is 24.3 Å². The molecule has 104 valence electrons. The zero-order valence-electron chi connectivity index (χ0n) is 10.7. The molecule has 0 bridgehead atoms. The molecular formula is C15H9IN2O3. The van der Waals surface area contributed by atoms with Crippen LogP contribution in [-0.2, 0) is 0 Å². The van der Waals surface area contributed by atoms with Crippen molar-refractivity contribution in [2.75, 3.05) is 0 Å². The molecule has 0 aliphatic heterocycles. The summed E-state index contributed by atoms with van der Waals surface area (Å²) in [6.07, 6.45) is 0. The van der Waals surface area contributed by atoms with Crippen molar-refractivity contribution >= 4 is 28.6 Å². The van der Waals surface area contributed by atoms with E-state index in [9.17, 15) is 4.79 Å². The van der Waals surface area contributed by atoms with Crippen LogP contribution in [0.4, 0.5) is 0 Å². The third kappa shape index (κ3) is 2.94. The maximum absolute atomic E-state index is 11.0. The van der Waals surface area contributed by atoms with E-state index in [0.717, 1.165) is 9.13 Å². The highest BCUT2D eigenvalue weighted by Gasteiger charge is 2.12. The van der Waals surface area contributed by atoms with Crippen molar-refractivity contribution in [1.29, 1.82) is 0 Å². The summed E-state index contributed by atoms with van der Waals surface area (Å²) >= 11 is 2.22. The van der Waals surface area contributed by atoms with E-state index in [1.165, 1.54) is 12.1 Å². The maximum Gasteiger partial charge on any atom is 0.335 e. The Hall–Kier alpha value is -2.22. The largest absolute Gasteiger partial charge is 0.478 e. The van der Waals surface area contributed by atoms with Gasteiger partial charge in [0.25, 0.3) is 5.89 Å². The SMILES string of the molecule is O=C(O)c1cccc(-c2noc(-c3ccc(I)cc3)n2)c1. The molecule has 0 amide bonds. The molecule has 0 aliphatic rings. The predicted octanol–water partition coefficient (Wildman–Crippen LogP) is 3.71. The lowest BCUT2D eigenvalue weighted by atomic mass is 10.1. The Morgan fingerprint density at radius 3 is 2.57 bits per heavy atom. The van der Waals surface area contributed by atoms with Crippen LogP contribution in [0.15, 0.2) is 53.1 Å². The first-order valence-electron chi connectivity index (χ1n) is 6.07. The van der Waals surface area contributed by atoms with Gasteiger partial charge in [-0.05, 0) is 59.0 Å². The van der Waals surface area contributed by atoms with Crippen LogP contribution in [0.5, 0.6) is 0 Å². The van der Waals surface area contributed by atoms with Gasteiger partial charge in [-0.2, -0.15) is 4.98 Å². The van der Waals surface area contributed by atoms with Crippen LogP contribution in [0.2, 0.25) is 0 Å². The summed E-state index contributed by atoms with van der Waals surface area (Å²) in [6.45, 7) is 0. The molecule has 0 unspecified atom stereocenters. The number of hydrogen-bond acceptors (Lipinski definition) is 4. The third-order valence-electron chi connectivity index (χ3n) is 2.88. The van der Waals surface area contributed by atoms with Gasteiger partial charge in [0.2, 0.25) is 5.82 Å². The van der Waals surface area contributed by atoms with Gasteiger partial charge in [-0.15, -0.1) is 0 Å². The molecule has 0 atom stereocenters. The number of halogens is 1. The van der Waals surface area contributed by atoms with Gasteiger partial charge < -0.3 is 9.63 Å². The van der Waals surface area contributed by atoms with Crippen LogP contribution < -0.4 is 0 Å². The smallest absolute Gasteiger partial charge is 0.335 e. The van der Waals surface area contributed by atoms with Gasteiger partial charge >= 0.3 is 5.97 Å². The van der Waals surface area contributed by atoms with E-state index < -0.39 is 5.97 Å². The van der Waals surface area contributed by atoms with Crippen molar-refractivity contribution in [3.05, 3.63) is 57.7 Å². The molecule has 3 aromatic rings. The Kier molecular flexibility index (Phi) is 3.70. The third-order valence-corrected chi connectivity index (χ3v) is 3.60. The zero-order chi connectivity index (χ0) is 14.8. The molecule has 0 saturated carbocycles. The lowest BCUT2D eigenvalue weighted by Crippen LogP contribution is -1.96. The Morgan fingerprint density at radius 1 is 1.10 bits per heavy atom. The number of nitrogens with zero attached hydrogens (tertiary/aromatic N) is 2. The van der Waals surface area contributed by atoms with E-state index in [2.05, 4.69) is 32.7 Å². The van der Waals surface area contributed by atoms with Gasteiger partial charge in [0.05, 0.1) is 5.56 Å². The summed E-state index contributed by atoms with van der Waals surface area (Å²) in [5.41, 5.74) is 1.62. The van der Waals surface area contributed by atoms with Crippen molar-refractivity contribution in [2.45, 2.75) is 0 Å². The summed E-state index contributed by atoms with van der Waals surface area (Å²) in [7, 11) is 0. The summed E-state index contributed by atoms with van der Waals surface area (Å²) in [5, 5.41) is 12.9. The monoisotopic (exact) mass is 392 g/mol. The normalized spacial score (nSPS) is 10.5. The number of carboxylic acid groups (broad SMARTS) is 1. The Balaban J connectivity index is 1.96. The first-order chi connectivity index (χ1) is 10.1. The fraction of sp³-hybridized carbons (Fsp3) is 0. The fourth-order valence-corrected chi connectivity index (χ4v) is 2.20. The van der Waals surface area contributed by atoms with Crippen LogP contribution in [0.1, 0.15) is 10.4 Å². The highest BCUT2D eigenvalue weighted by Crippen LogP contribution is 2.23. The number of aromatic carboxylic acids is 1. The van der Waals surface area contributed by atoms with Gasteiger partial charge in [-0.3, -0.25) is 0 Å². The van der Waals surface area contributed by atoms with Gasteiger partial charge in [0.1, 0.15) is 0 Å². The van der Waals surface area contributed by atoms with Crippen LogP contribution in [0.25, 0.3) is 22.8 Å². The molecule has 1 aromatic heterocycles. The number of carbonyl (C=O) groups is 1. The molecule has 5 nitrogen and oxygen atoms in total. The molecule has 1 heterocycles. The summed E-state index contributed by atoms with van der Waals surface area (Å²) in [5.74, 6) is -0.216. The van der Waals surface area contributed by atoms with Crippen molar-refractivity contribution in [2.24, 2.45) is 0 Å². The van der Waals surface area contributed by atoms with Crippen LogP contribution >= 0.6 is 22.6 Å². The molecule has 0 spiro atoms. The van der Waals surface area contributed by atoms with E-state index >= 15 is 0 Å². The topological polar surface area (TPSA) is 76.2 Å². The fourth-order valence-electron chi connectivity index (χ4n) is 1.84. The Labute approximate surface area is 133 Å². The minimum atomic E-state index is -0.988. The molecule has 21 heavy (non-hydrogen) atoms. The van der Waals surface area contributed by atoms with Crippen LogP contribution in [-0.4, -0.2) is 21.2 Å². The zero-order valence-corrected chi connectivity index (χ0v) is 12.8. The second-order valence-electron chi connectivity index (χ2n) is 4.32. The Bertz CT molecular complexity index is 797. The summed E-state index contributed by atoms with van der Waals surface area (Å²) in [4.78, 5) is 15.3. The molecule has 3 rings (SSSR count). The highest BCUT2D eigenvalue weighted by atomic mass is 127. The molecule has 1 N–H and O–H groups in total. The summed E-state index contributed by atoms with van der Waals surface area (Å²) < 4.78 is 6.35. The number of rotatable bonds is 3. The average molecular weight is 392 g/mol. The molecule has 0 saturated heterocycles. The van der Waals surface area contributed by atoms with Crippen LogP contribution in [0, 0.1) is 3.57 Å². The minimum absolute atomic E-state index is 0.188. The lowest BCUT2D eigenvalue weighted by Gasteiger charge is -1.97. The first-order valence-corrected chi connectivity index (χ1v) is 7.15. The van der Waals surface area contributed by atoms with Crippen molar-refractivity contribution in [3.8, 4) is 22.8 Å². The van der Waals surface area contributed by atoms with Crippen molar-refractivity contribution < 1.29 is 14.4 Å². The van der Waals surface area contributed by atoms with Gasteiger partial charge in [-0.25, -0.2) is 4.79 Å². The molecule has 0 fully saturated rings. The quantitative estimate of drug-likeness (QED) is 0.688. The van der Waals surface area contributed by atoms with E-state index in [1.54, 1.807) is 12.1 Å².